The lowest BCUT2D eigenvalue weighted by Crippen LogP contribution is -2.69. The number of benzene rings is 2. The van der Waals surface area contributed by atoms with Crippen molar-refractivity contribution in [2.24, 2.45) is 0 Å². The van der Waals surface area contributed by atoms with E-state index in [-0.39, 0.29) is 23.5 Å². The molecule has 0 amide bonds. The zero-order valence-electron chi connectivity index (χ0n) is 13.4. The van der Waals surface area contributed by atoms with Gasteiger partial charge in [-0.05, 0) is 23.8 Å². The van der Waals surface area contributed by atoms with Gasteiger partial charge in [-0.3, -0.25) is 0 Å². The average molecular weight is 344 g/mol. The summed E-state index contributed by atoms with van der Waals surface area (Å²) in [5, 5.41) is 9.88. The van der Waals surface area contributed by atoms with Crippen LogP contribution in [0.25, 0.3) is 0 Å². The minimum atomic E-state index is -3.61. The number of sulfonamides is 1. The highest BCUT2D eigenvalue weighted by Crippen LogP contribution is 2.49. The molecule has 0 unspecified atom stereocenters. The van der Waals surface area contributed by atoms with Crippen LogP contribution in [-0.4, -0.2) is 50.1 Å². The second-order valence-corrected chi connectivity index (χ2v) is 8.27. The standard InChI is InChI=1S/C18H20N2O3S/c1-19-11-16-18(14-9-5-6-10-15(14)19)17(12-21)20(16)24(22,23)13-7-3-2-4-8-13/h2-10,16-18,21H,11-12H2,1H3/t16-,17+,18+/m1/s1. The van der Waals surface area contributed by atoms with E-state index in [0.717, 1.165) is 11.3 Å². The van der Waals surface area contributed by atoms with Crippen molar-refractivity contribution in [2.45, 2.75) is 22.9 Å². The van der Waals surface area contributed by atoms with Crippen LogP contribution in [0.1, 0.15) is 11.5 Å². The normalized spacial score (nSPS) is 26.4. The first-order valence-electron chi connectivity index (χ1n) is 8.05. The summed E-state index contributed by atoms with van der Waals surface area (Å²) in [7, 11) is -1.63. The van der Waals surface area contributed by atoms with Gasteiger partial charge in [0.2, 0.25) is 10.0 Å². The third-order valence-corrected chi connectivity index (χ3v) is 7.12. The number of hydrogen-bond acceptors (Lipinski definition) is 4. The molecule has 2 aliphatic heterocycles. The Hall–Kier alpha value is -1.89. The van der Waals surface area contributed by atoms with Crippen LogP contribution in [0.3, 0.4) is 0 Å². The molecular formula is C18H20N2O3S. The molecule has 2 heterocycles. The molecule has 3 atom stereocenters. The number of likely N-dealkylation sites (N-methyl/N-ethyl adjacent to an activating group) is 1. The Morgan fingerprint density at radius 1 is 1.08 bits per heavy atom. The van der Waals surface area contributed by atoms with Crippen molar-refractivity contribution in [1.29, 1.82) is 0 Å². The van der Waals surface area contributed by atoms with Gasteiger partial charge in [0.05, 0.1) is 23.6 Å². The van der Waals surface area contributed by atoms with E-state index in [0.29, 0.717) is 6.54 Å². The van der Waals surface area contributed by atoms with Gasteiger partial charge < -0.3 is 10.0 Å². The summed E-state index contributed by atoms with van der Waals surface area (Å²) in [5.41, 5.74) is 2.24. The molecule has 0 saturated carbocycles. The van der Waals surface area contributed by atoms with Crippen molar-refractivity contribution in [3.63, 3.8) is 0 Å². The van der Waals surface area contributed by atoms with E-state index in [2.05, 4.69) is 4.90 Å². The second kappa shape index (κ2) is 5.58. The van der Waals surface area contributed by atoms with Crippen molar-refractivity contribution in [2.75, 3.05) is 25.1 Å². The lowest BCUT2D eigenvalue weighted by Gasteiger charge is -2.57. The lowest BCUT2D eigenvalue weighted by molar-refractivity contribution is 0.0287. The van der Waals surface area contributed by atoms with Crippen LogP contribution >= 0.6 is 0 Å². The summed E-state index contributed by atoms with van der Waals surface area (Å²) in [4.78, 5) is 2.38. The first-order chi connectivity index (χ1) is 11.6. The maximum Gasteiger partial charge on any atom is 0.243 e. The van der Waals surface area contributed by atoms with Crippen LogP contribution in [0.4, 0.5) is 5.69 Å². The number of nitrogens with zero attached hydrogens (tertiary/aromatic N) is 2. The Balaban J connectivity index is 1.76. The van der Waals surface area contributed by atoms with Crippen molar-refractivity contribution in [3.8, 4) is 0 Å². The molecule has 2 aliphatic rings. The first-order valence-corrected chi connectivity index (χ1v) is 9.49. The Bertz CT molecular complexity index is 854. The van der Waals surface area contributed by atoms with Gasteiger partial charge in [0.1, 0.15) is 0 Å². The van der Waals surface area contributed by atoms with E-state index in [1.54, 1.807) is 30.3 Å². The smallest absolute Gasteiger partial charge is 0.243 e. The highest BCUT2D eigenvalue weighted by molar-refractivity contribution is 7.89. The Labute approximate surface area is 142 Å². The molecule has 5 nitrogen and oxygen atoms in total. The van der Waals surface area contributed by atoms with Crippen LogP contribution < -0.4 is 4.90 Å². The van der Waals surface area contributed by atoms with Crippen LogP contribution in [0, 0.1) is 0 Å². The third kappa shape index (κ3) is 2.10. The van der Waals surface area contributed by atoms with E-state index >= 15 is 0 Å². The summed E-state index contributed by atoms with van der Waals surface area (Å²) in [6, 6.07) is 16.0. The van der Waals surface area contributed by atoms with Crippen LogP contribution in [-0.2, 0) is 10.0 Å². The zero-order valence-corrected chi connectivity index (χ0v) is 14.2. The number of rotatable bonds is 3. The second-order valence-electron chi connectivity index (χ2n) is 6.43. The molecular weight excluding hydrogens is 324 g/mol. The number of fused-ring (bicyclic) bond motifs is 3. The summed E-state index contributed by atoms with van der Waals surface area (Å²) in [6.07, 6.45) is 0. The predicted octanol–water partition coefficient (Wildman–Crippen LogP) is 1.65. The van der Waals surface area contributed by atoms with Gasteiger partial charge >= 0.3 is 0 Å². The van der Waals surface area contributed by atoms with Gasteiger partial charge in [-0.15, -0.1) is 0 Å². The van der Waals surface area contributed by atoms with Crippen molar-refractivity contribution in [3.05, 3.63) is 60.2 Å². The van der Waals surface area contributed by atoms with E-state index in [4.69, 9.17) is 0 Å². The highest BCUT2D eigenvalue weighted by atomic mass is 32.2. The highest BCUT2D eigenvalue weighted by Gasteiger charge is 2.57. The minimum Gasteiger partial charge on any atom is -0.395 e. The number of hydrogen-bond donors (Lipinski definition) is 1. The molecule has 2 aromatic rings. The van der Waals surface area contributed by atoms with Gasteiger partial charge in [-0.2, -0.15) is 4.31 Å². The molecule has 0 spiro atoms. The first kappa shape index (κ1) is 15.6. The molecule has 1 saturated heterocycles. The molecule has 0 bridgehead atoms. The summed E-state index contributed by atoms with van der Waals surface area (Å²) < 4.78 is 27.6. The fourth-order valence-corrected chi connectivity index (χ4v) is 5.94. The Kier molecular flexibility index (Phi) is 3.63. The van der Waals surface area contributed by atoms with Gasteiger partial charge in [0.15, 0.2) is 0 Å². The largest absolute Gasteiger partial charge is 0.395 e. The minimum absolute atomic E-state index is 0.0425. The lowest BCUT2D eigenvalue weighted by atomic mass is 9.74. The van der Waals surface area contributed by atoms with Crippen molar-refractivity contribution in [1.82, 2.24) is 4.31 Å². The summed E-state index contributed by atoms with van der Waals surface area (Å²) >= 11 is 0. The number of aliphatic hydroxyl groups is 1. The van der Waals surface area contributed by atoms with Crippen LogP contribution in [0.2, 0.25) is 0 Å². The maximum absolute atomic E-state index is 13.1. The summed E-state index contributed by atoms with van der Waals surface area (Å²) in [6.45, 7) is 0.454. The quantitative estimate of drug-likeness (QED) is 0.920. The molecule has 1 fully saturated rings. The summed E-state index contributed by atoms with van der Waals surface area (Å²) in [5.74, 6) is 0.0425. The van der Waals surface area contributed by atoms with Gasteiger partial charge in [-0.1, -0.05) is 36.4 Å². The number of aliphatic hydroxyl groups excluding tert-OH is 1. The zero-order chi connectivity index (χ0) is 16.9. The van der Waals surface area contributed by atoms with E-state index in [9.17, 15) is 13.5 Å². The van der Waals surface area contributed by atoms with Crippen molar-refractivity contribution >= 4 is 15.7 Å². The molecule has 0 aliphatic carbocycles. The SMILES string of the molecule is CN1C[C@@H]2[C@H](c3ccccc31)[C@H](CO)N2S(=O)(=O)c1ccccc1. The Morgan fingerprint density at radius 2 is 1.75 bits per heavy atom. The monoisotopic (exact) mass is 344 g/mol. The molecule has 4 rings (SSSR count). The fourth-order valence-electron chi connectivity index (χ4n) is 4.09. The molecule has 0 radical (unpaired) electrons. The molecule has 0 aromatic heterocycles. The molecule has 2 aromatic carbocycles. The molecule has 126 valence electrons. The van der Waals surface area contributed by atoms with E-state index < -0.39 is 16.1 Å². The fraction of sp³-hybridized carbons (Fsp3) is 0.333. The van der Waals surface area contributed by atoms with Gasteiger partial charge in [0, 0.05) is 25.2 Å². The third-order valence-electron chi connectivity index (χ3n) is 5.16. The van der Waals surface area contributed by atoms with E-state index in [1.807, 2.05) is 31.3 Å². The maximum atomic E-state index is 13.1. The molecule has 24 heavy (non-hydrogen) atoms. The van der Waals surface area contributed by atoms with Crippen LogP contribution in [0.15, 0.2) is 59.5 Å². The van der Waals surface area contributed by atoms with E-state index in [1.165, 1.54) is 4.31 Å². The molecule has 6 heteroatoms. The van der Waals surface area contributed by atoms with Crippen molar-refractivity contribution < 1.29 is 13.5 Å². The average Bonchev–Trinajstić information content (AvgIpc) is 2.58. The van der Waals surface area contributed by atoms with Crippen LogP contribution in [0.5, 0.6) is 0 Å². The number of anilines is 1. The van der Waals surface area contributed by atoms with Gasteiger partial charge in [0.25, 0.3) is 0 Å². The Morgan fingerprint density at radius 3 is 2.46 bits per heavy atom. The number of para-hydroxylation sites is 1. The molecule has 1 N–H and O–H groups in total. The van der Waals surface area contributed by atoms with Gasteiger partial charge in [-0.25, -0.2) is 8.42 Å². The topological polar surface area (TPSA) is 60.9 Å². The predicted molar refractivity (Wildman–Crippen MR) is 92.6 cm³/mol.